The van der Waals surface area contributed by atoms with E-state index in [1.54, 1.807) is 19.2 Å². The van der Waals surface area contributed by atoms with Gasteiger partial charge in [0.1, 0.15) is 5.82 Å². The van der Waals surface area contributed by atoms with Crippen LogP contribution < -0.4 is 5.32 Å². The Balaban J connectivity index is 2.46. The van der Waals surface area contributed by atoms with Crippen LogP contribution in [0.5, 0.6) is 0 Å². The minimum atomic E-state index is -0.811. The van der Waals surface area contributed by atoms with Crippen LogP contribution in [0.2, 0.25) is 0 Å². The van der Waals surface area contributed by atoms with Crippen LogP contribution in [0.15, 0.2) is 22.8 Å². The highest BCUT2D eigenvalue weighted by molar-refractivity contribution is 9.10. The van der Waals surface area contributed by atoms with E-state index in [1.165, 1.54) is 0 Å². The van der Waals surface area contributed by atoms with E-state index in [0.717, 1.165) is 4.47 Å². The molecule has 1 rings (SSSR count). The predicted molar refractivity (Wildman–Crippen MR) is 57.2 cm³/mol. The average Bonchev–Trinajstić information content (AvgIpc) is 2.16. The summed E-state index contributed by atoms with van der Waals surface area (Å²) in [6.45, 7) is 2.03. The van der Waals surface area contributed by atoms with Crippen LogP contribution in [0.4, 0.5) is 5.82 Å². The van der Waals surface area contributed by atoms with Gasteiger partial charge in [0.15, 0.2) is 0 Å². The number of carboxylic acid groups (broad SMARTS) is 1. The zero-order valence-corrected chi connectivity index (χ0v) is 9.28. The van der Waals surface area contributed by atoms with Crippen molar-refractivity contribution in [3.05, 3.63) is 22.8 Å². The van der Waals surface area contributed by atoms with Gasteiger partial charge in [-0.05, 0) is 28.1 Å². The molecule has 0 radical (unpaired) electrons. The van der Waals surface area contributed by atoms with Crippen molar-refractivity contribution in [2.24, 2.45) is 5.92 Å². The van der Waals surface area contributed by atoms with E-state index in [0.29, 0.717) is 12.4 Å². The van der Waals surface area contributed by atoms with Gasteiger partial charge in [-0.2, -0.15) is 0 Å². The maximum Gasteiger partial charge on any atom is 0.308 e. The minimum absolute atomic E-state index is 0.379. The Hall–Kier alpha value is -1.10. The number of aromatic nitrogens is 1. The average molecular weight is 259 g/mol. The lowest BCUT2D eigenvalue weighted by Crippen LogP contribution is -2.19. The zero-order valence-electron chi connectivity index (χ0n) is 7.70. The molecule has 1 aromatic heterocycles. The fourth-order valence-corrected chi connectivity index (χ4v) is 1.06. The van der Waals surface area contributed by atoms with Gasteiger partial charge in [0, 0.05) is 17.2 Å². The summed E-state index contributed by atoms with van der Waals surface area (Å²) in [7, 11) is 0. The third-order valence-corrected chi connectivity index (χ3v) is 2.21. The standard InChI is InChI=1S/C9H11BrN2O2/c1-6(9(13)14)4-11-8-3-2-7(10)5-12-8/h2-3,5-6H,4H2,1H3,(H,11,12)(H,13,14). The Morgan fingerprint density at radius 2 is 2.43 bits per heavy atom. The topological polar surface area (TPSA) is 62.2 Å². The first-order valence-corrected chi connectivity index (χ1v) is 4.97. The first-order chi connectivity index (χ1) is 6.59. The lowest BCUT2D eigenvalue weighted by molar-refractivity contribution is -0.140. The van der Waals surface area contributed by atoms with Crippen LogP contribution in [0.3, 0.4) is 0 Å². The van der Waals surface area contributed by atoms with Crippen molar-refractivity contribution in [3.63, 3.8) is 0 Å². The summed E-state index contributed by atoms with van der Waals surface area (Å²) in [6, 6.07) is 3.64. The quantitative estimate of drug-likeness (QED) is 0.867. The number of nitrogens with one attached hydrogen (secondary N) is 1. The lowest BCUT2D eigenvalue weighted by Gasteiger charge is -2.08. The molecular formula is C9H11BrN2O2. The highest BCUT2D eigenvalue weighted by Crippen LogP contribution is 2.10. The smallest absolute Gasteiger partial charge is 0.308 e. The van der Waals surface area contributed by atoms with Crippen LogP contribution >= 0.6 is 15.9 Å². The number of anilines is 1. The van der Waals surface area contributed by atoms with Crippen molar-refractivity contribution in [2.75, 3.05) is 11.9 Å². The van der Waals surface area contributed by atoms with Crippen LogP contribution in [0.1, 0.15) is 6.92 Å². The van der Waals surface area contributed by atoms with Gasteiger partial charge in [0.2, 0.25) is 0 Å². The van der Waals surface area contributed by atoms with Crippen molar-refractivity contribution >= 4 is 27.7 Å². The van der Waals surface area contributed by atoms with Crippen molar-refractivity contribution in [1.29, 1.82) is 0 Å². The number of hydrogen-bond donors (Lipinski definition) is 2. The molecule has 14 heavy (non-hydrogen) atoms. The molecular weight excluding hydrogens is 248 g/mol. The molecule has 0 aliphatic carbocycles. The molecule has 0 saturated carbocycles. The molecule has 76 valence electrons. The van der Waals surface area contributed by atoms with Crippen molar-refractivity contribution < 1.29 is 9.90 Å². The number of hydrogen-bond acceptors (Lipinski definition) is 3. The molecule has 2 N–H and O–H groups in total. The molecule has 0 aliphatic heterocycles. The largest absolute Gasteiger partial charge is 0.481 e. The molecule has 1 aromatic rings. The van der Waals surface area contributed by atoms with Crippen molar-refractivity contribution in [2.45, 2.75) is 6.92 Å². The first-order valence-electron chi connectivity index (χ1n) is 4.18. The number of nitrogens with zero attached hydrogens (tertiary/aromatic N) is 1. The molecule has 0 bridgehead atoms. The lowest BCUT2D eigenvalue weighted by atomic mass is 10.2. The molecule has 1 heterocycles. The second-order valence-corrected chi connectivity index (χ2v) is 3.90. The van der Waals surface area contributed by atoms with Gasteiger partial charge in [-0.15, -0.1) is 0 Å². The van der Waals surface area contributed by atoms with Crippen LogP contribution in [0, 0.1) is 5.92 Å². The molecule has 0 aromatic carbocycles. The van der Waals surface area contributed by atoms with E-state index in [-0.39, 0.29) is 0 Å². The van der Waals surface area contributed by atoms with Gasteiger partial charge in [-0.3, -0.25) is 4.79 Å². The monoisotopic (exact) mass is 258 g/mol. The highest BCUT2D eigenvalue weighted by atomic mass is 79.9. The van der Waals surface area contributed by atoms with Crippen LogP contribution in [0.25, 0.3) is 0 Å². The number of pyridine rings is 1. The van der Waals surface area contributed by atoms with E-state index in [9.17, 15) is 4.79 Å². The fraction of sp³-hybridized carbons (Fsp3) is 0.333. The van der Waals surface area contributed by atoms with Crippen LogP contribution in [-0.2, 0) is 4.79 Å². The number of halogens is 1. The molecule has 4 nitrogen and oxygen atoms in total. The Morgan fingerprint density at radius 1 is 1.71 bits per heavy atom. The summed E-state index contributed by atoms with van der Waals surface area (Å²) in [5.41, 5.74) is 0. The number of rotatable bonds is 4. The zero-order chi connectivity index (χ0) is 10.6. The van der Waals surface area contributed by atoms with Crippen LogP contribution in [-0.4, -0.2) is 22.6 Å². The van der Waals surface area contributed by atoms with Crippen molar-refractivity contribution in [1.82, 2.24) is 4.98 Å². The Bertz CT molecular complexity index is 313. The third-order valence-electron chi connectivity index (χ3n) is 1.74. The van der Waals surface area contributed by atoms with E-state index in [4.69, 9.17) is 5.11 Å². The second-order valence-electron chi connectivity index (χ2n) is 2.98. The van der Waals surface area contributed by atoms with Crippen molar-refractivity contribution in [3.8, 4) is 0 Å². The molecule has 0 fully saturated rings. The normalized spacial score (nSPS) is 12.1. The summed E-state index contributed by atoms with van der Waals surface area (Å²) in [6.07, 6.45) is 1.66. The van der Waals surface area contributed by atoms with E-state index in [1.807, 2.05) is 6.07 Å². The van der Waals surface area contributed by atoms with Gasteiger partial charge >= 0.3 is 5.97 Å². The number of carboxylic acids is 1. The van der Waals surface area contributed by atoms with Gasteiger partial charge in [-0.25, -0.2) is 4.98 Å². The Kier molecular flexibility index (Phi) is 3.88. The van der Waals surface area contributed by atoms with Gasteiger partial charge in [-0.1, -0.05) is 6.92 Å². The first kappa shape index (κ1) is 11.0. The molecule has 0 aliphatic rings. The molecule has 5 heteroatoms. The van der Waals surface area contributed by atoms with E-state index < -0.39 is 11.9 Å². The maximum atomic E-state index is 10.5. The summed E-state index contributed by atoms with van der Waals surface area (Å²) < 4.78 is 0.898. The van der Waals surface area contributed by atoms with E-state index >= 15 is 0 Å². The SMILES string of the molecule is CC(CNc1ccc(Br)cn1)C(=O)O. The highest BCUT2D eigenvalue weighted by Gasteiger charge is 2.09. The minimum Gasteiger partial charge on any atom is -0.481 e. The summed E-state index contributed by atoms with van der Waals surface area (Å²) in [4.78, 5) is 14.6. The second kappa shape index (κ2) is 4.95. The molecule has 0 spiro atoms. The molecule has 1 unspecified atom stereocenters. The van der Waals surface area contributed by atoms with Gasteiger partial charge in [0.25, 0.3) is 0 Å². The predicted octanol–water partition coefficient (Wildman–Crippen LogP) is 1.98. The van der Waals surface area contributed by atoms with Gasteiger partial charge in [0.05, 0.1) is 5.92 Å². The Morgan fingerprint density at radius 3 is 2.93 bits per heavy atom. The van der Waals surface area contributed by atoms with E-state index in [2.05, 4.69) is 26.2 Å². The number of aliphatic carboxylic acids is 1. The number of carbonyl (C=O) groups is 1. The summed E-state index contributed by atoms with van der Waals surface area (Å²) in [5, 5.41) is 11.6. The molecule has 0 saturated heterocycles. The third kappa shape index (κ3) is 3.33. The Labute approximate surface area is 90.5 Å². The summed E-state index contributed by atoms with van der Waals surface area (Å²) in [5.74, 6) is -0.545. The summed E-state index contributed by atoms with van der Waals surface area (Å²) >= 11 is 3.26. The maximum absolute atomic E-state index is 10.5. The van der Waals surface area contributed by atoms with Gasteiger partial charge < -0.3 is 10.4 Å². The molecule has 1 atom stereocenters. The molecule has 0 amide bonds. The fourth-order valence-electron chi connectivity index (χ4n) is 0.825.